The van der Waals surface area contributed by atoms with Crippen LogP contribution in [-0.4, -0.2) is 4.57 Å². The Bertz CT molecular complexity index is 1330. The maximum Gasteiger partial charge on any atom is 0.0541 e. The van der Waals surface area contributed by atoms with Gasteiger partial charge in [-0.1, -0.05) is 80.6 Å². The number of benzene rings is 4. The molecule has 0 fully saturated rings. The summed E-state index contributed by atoms with van der Waals surface area (Å²) in [4.78, 5) is 0. The van der Waals surface area contributed by atoms with Gasteiger partial charge in [-0.15, -0.1) is 0 Å². The Morgan fingerprint density at radius 2 is 1.14 bits per heavy atom. The van der Waals surface area contributed by atoms with Gasteiger partial charge < -0.3 is 4.57 Å². The quantitative estimate of drug-likeness (QED) is 0.301. The summed E-state index contributed by atoms with van der Waals surface area (Å²) in [7, 11) is 0. The third-order valence-corrected chi connectivity index (χ3v) is 6.41. The van der Waals surface area contributed by atoms with E-state index in [1.165, 1.54) is 49.7 Å². The lowest BCUT2D eigenvalue weighted by atomic mass is 9.82. The topological polar surface area (TPSA) is 4.93 Å². The first-order valence-electron chi connectivity index (χ1n) is 9.89. The van der Waals surface area contributed by atoms with Crippen molar-refractivity contribution in [1.82, 2.24) is 4.57 Å². The first-order chi connectivity index (χ1) is 13.7. The minimum absolute atomic E-state index is 0.0469. The second-order valence-corrected chi connectivity index (χ2v) is 8.27. The Kier molecular flexibility index (Phi) is 3.01. The lowest BCUT2D eigenvalue weighted by molar-refractivity contribution is 0.660. The zero-order chi connectivity index (χ0) is 18.9. The summed E-state index contributed by atoms with van der Waals surface area (Å²) in [5.74, 6) is 0. The van der Waals surface area contributed by atoms with Gasteiger partial charge in [0.1, 0.15) is 0 Å². The van der Waals surface area contributed by atoms with Gasteiger partial charge >= 0.3 is 0 Å². The summed E-state index contributed by atoms with van der Waals surface area (Å²) >= 11 is 0. The highest BCUT2D eigenvalue weighted by molar-refractivity contribution is 6.09. The predicted molar refractivity (Wildman–Crippen MR) is 118 cm³/mol. The van der Waals surface area contributed by atoms with Gasteiger partial charge in [-0.2, -0.15) is 0 Å². The SMILES string of the molecule is CC1(C)c2ccccc2-c2cc(-n3c4ccccc4c4ccccc43)ccc21. The molecule has 5 aromatic rings. The van der Waals surface area contributed by atoms with Crippen molar-refractivity contribution in [3.8, 4) is 16.8 Å². The number of aromatic nitrogens is 1. The second kappa shape index (κ2) is 5.36. The summed E-state index contributed by atoms with van der Waals surface area (Å²) in [5.41, 5.74) is 9.35. The average Bonchev–Trinajstić information content (AvgIpc) is 3.18. The summed E-state index contributed by atoms with van der Waals surface area (Å²) in [6, 6.07) is 33.2. The molecule has 0 saturated heterocycles. The zero-order valence-electron chi connectivity index (χ0n) is 16.1. The van der Waals surface area contributed by atoms with Crippen molar-refractivity contribution in [2.75, 3.05) is 0 Å². The highest BCUT2D eigenvalue weighted by Crippen LogP contribution is 2.49. The smallest absolute Gasteiger partial charge is 0.0541 e. The number of rotatable bonds is 1. The molecule has 0 radical (unpaired) electrons. The fourth-order valence-electron chi connectivity index (χ4n) is 5.05. The molecule has 134 valence electrons. The monoisotopic (exact) mass is 359 g/mol. The van der Waals surface area contributed by atoms with Gasteiger partial charge in [0.05, 0.1) is 11.0 Å². The van der Waals surface area contributed by atoms with Crippen molar-refractivity contribution < 1.29 is 0 Å². The number of para-hydroxylation sites is 2. The maximum atomic E-state index is 2.40. The highest BCUT2D eigenvalue weighted by atomic mass is 15.0. The molecular weight excluding hydrogens is 338 g/mol. The molecule has 1 nitrogen and oxygen atoms in total. The Labute approximate surface area is 164 Å². The average molecular weight is 359 g/mol. The standard InChI is InChI=1S/C27H21N/c1-27(2)23-12-6-3-9-19(23)22-17-18(15-16-24(22)27)28-25-13-7-4-10-20(25)21-11-5-8-14-26(21)28/h3-17H,1-2H3. The molecule has 1 aliphatic rings. The van der Waals surface area contributed by atoms with Gasteiger partial charge in [-0.05, 0) is 46.5 Å². The van der Waals surface area contributed by atoms with E-state index in [0.717, 1.165) is 0 Å². The molecule has 1 heteroatoms. The van der Waals surface area contributed by atoms with Gasteiger partial charge in [0.15, 0.2) is 0 Å². The van der Waals surface area contributed by atoms with E-state index < -0.39 is 0 Å². The summed E-state index contributed by atoms with van der Waals surface area (Å²) < 4.78 is 2.40. The molecule has 0 atom stereocenters. The lowest BCUT2D eigenvalue weighted by Gasteiger charge is -2.21. The maximum absolute atomic E-state index is 2.40. The van der Waals surface area contributed by atoms with Gasteiger partial charge in [-0.3, -0.25) is 0 Å². The van der Waals surface area contributed by atoms with Crippen LogP contribution >= 0.6 is 0 Å². The van der Waals surface area contributed by atoms with Crippen LogP contribution in [0.5, 0.6) is 0 Å². The van der Waals surface area contributed by atoms with Crippen molar-refractivity contribution in [2.24, 2.45) is 0 Å². The summed E-state index contributed by atoms with van der Waals surface area (Å²) in [6.07, 6.45) is 0. The van der Waals surface area contributed by atoms with Crippen LogP contribution in [0.25, 0.3) is 38.6 Å². The van der Waals surface area contributed by atoms with E-state index in [-0.39, 0.29) is 5.41 Å². The second-order valence-electron chi connectivity index (χ2n) is 8.27. The molecule has 0 saturated carbocycles. The van der Waals surface area contributed by atoms with E-state index in [2.05, 4.69) is 109 Å². The van der Waals surface area contributed by atoms with Crippen molar-refractivity contribution >= 4 is 21.8 Å². The third-order valence-electron chi connectivity index (χ3n) is 6.41. The Morgan fingerprint density at radius 1 is 0.571 bits per heavy atom. The van der Waals surface area contributed by atoms with E-state index >= 15 is 0 Å². The molecule has 6 rings (SSSR count). The summed E-state index contributed by atoms with van der Waals surface area (Å²) in [6.45, 7) is 4.66. The van der Waals surface area contributed by atoms with Crippen LogP contribution in [0.4, 0.5) is 0 Å². The molecular formula is C27H21N. The van der Waals surface area contributed by atoms with Crippen LogP contribution in [-0.2, 0) is 5.41 Å². The molecule has 0 N–H and O–H groups in total. The fraction of sp³-hybridized carbons (Fsp3) is 0.111. The molecule has 1 heterocycles. The Hall–Kier alpha value is -3.32. The molecule has 0 bridgehead atoms. The van der Waals surface area contributed by atoms with Gasteiger partial charge in [-0.25, -0.2) is 0 Å². The molecule has 1 aliphatic carbocycles. The minimum Gasteiger partial charge on any atom is -0.309 e. The number of nitrogens with zero attached hydrogens (tertiary/aromatic N) is 1. The highest BCUT2D eigenvalue weighted by Gasteiger charge is 2.35. The molecule has 0 unspecified atom stereocenters. The Balaban J connectivity index is 1.69. The first kappa shape index (κ1) is 15.7. The van der Waals surface area contributed by atoms with Crippen LogP contribution in [0.1, 0.15) is 25.0 Å². The van der Waals surface area contributed by atoms with Gasteiger partial charge in [0.25, 0.3) is 0 Å². The number of hydrogen-bond donors (Lipinski definition) is 0. The van der Waals surface area contributed by atoms with E-state index in [1.54, 1.807) is 0 Å². The zero-order valence-corrected chi connectivity index (χ0v) is 16.1. The molecule has 1 aromatic heterocycles. The lowest BCUT2D eigenvalue weighted by Crippen LogP contribution is -2.14. The van der Waals surface area contributed by atoms with Crippen LogP contribution < -0.4 is 0 Å². The van der Waals surface area contributed by atoms with Crippen molar-refractivity contribution in [3.05, 3.63) is 102 Å². The minimum atomic E-state index is 0.0469. The van der Waals surface area contributed by atoms with Crippen LogP contribution in [0, 0.1) is 0 Å². The van der Waals surface area contributed by atoms with E-state index in [1.807, 2.05) is 0 Å². The van der Waals surface area contributed by atoms with E-state index in [9.17, 15) is 0 Å². The van der Waals surface area contributed by atoms with Gasteiger partial charge in [0.2, 0.25) is 0 Å². The van der Waals surface area contributed by atoms with Crippen molar-refractivity contribution in [2.45, 2.75) is 19.3 Å². The fourth-order valence-corrected chi connectivity index (χ4v) is 5.05. The van der Waals surface area contributed by atoms with E-state index in [0.29, 0.717) is 0 Å². The largest absolute Gasteiger partial charge is 0.309 e. The van der Waals surface area contributed by atoms with Crippen molar-refractivity contribution in [3.63, 3.8) is 0 Å². The molecule has 4 aromatic carbocycles. The molecule has 0 spiro atoms. The molecule has 28 heavy (non-hydrogen) atoms. The first-order valence-corrected chi connectivity index (χ1v) is 9.89. The molecule has 0 aliphatic heterocycles. The van der Waals surface area contributed by atoms with Crippen LogP contribution in [0.15, 0.2) is 91.0 Å². The third kappa shape index (κ3) is 1.91. The predicted octanol–water partition coefficient (Wildman–Crippen LogP) is 7.09. The van der Waals surface area contributed by atoms with Crippen LogP contribution in [0.2, 0.25) is 0 Å². The summed E-state index contributed by atoms with van der Waals surface area (Å²) in [5, 5.41) is 2.61. The number of fused-ring (bicyclic) bond motifs is 6. The Morgan fingerprint density at radius 3 is 1.86 bits per heavy atom. The molecule has 0 amide bonds. The van der Waals surface area contributed by atoms with E-state index in [4.69, 9.17) is 0 Å². The van der Waals surface area contributed by atoms with Crippen LogP contribution in [0.3, 0.4) is 0 Å². The number of hydrogen-bond acceptors (Lipinski definition) is 0. The van der Waals surface area contributed by atoms with Gasteiger partial charge in [0, 0.05) is 21.9 Å². The van der Waals surface area contributed by atoms with Crippen molar-refractivity contribution in [1.29, 1.82) is 0 Å². The normalized spacial score (nSPS) is 14.4.